The molecule has 0 spiro atoms. The molecule has 0 aromatic carbocycles. The molecule has 1 rings (SSSR count). The first-order chi connectivity index (χ1) is 5.02. The Hall–Kier alpha value is -0.0900. The zero-order valence-corrected chi connectivity index (χ0v) is 7.60. The summed E-state index contributed by atoms with van der Waals surface area (Å²) < 4.78 is 22.0. The van der Waals surface area contributed by atoms with Gasteiger partial charge >= 0.3 is 0 Å². The third-order valence-electron chi connectivity index (χ3n) is 2.36. The first-order valence-electron chi connectivity index (χ1n) is 3.96. The molecule has 0 bridgehead atoms. The highest BCUT2D eigenvalue weighted by atomic mass is 32.2. The van der Waals surface area contributed by atoms with E-state index in [1.165, 1.54) is 6.26 Å². The van der Waals surface area contributed by atoms with Crippen molar-refractivity contribution in [3.8, 4) is 0 Å². The molecule has 1 fully saturated rings. The van der Waals surface area contributed by atoms with Crippen molar-refractivity contribution in [2.24, 2.45) is 11.7 Å². The Bertz CT molecular complexity index is 217. The molecule has 0 heterocycles. The predicted octanol–water partition coefficient (Wildman–Crippen LogP) is 0.506. The van der Waals surface area contributed by atoms with Crippen LogP contribution < -0.4 is 5.73 Å². The van der Waals surface area contributed by atoms with Crippen LogP contribution in [0.4, 0.5) is 0 Å². The number of hydrogen-bond donors (Lipinski definition) is 1. The molecule has 0 amide bonds. The van der Waals surface area contributed by atoms with Crippen LogP contribution in [0.3, 0.4) is 0 Å². The highest BCUT2D eigenvalue weighted by molar-refractivity contribution is 7.91. The average Bonchev–Trinajstić information content (AvgIpc) is 2.34. The Morgan fingerprint density at radius 1 is 1.36 bits per heavy atom. The molecule has 1 aliphatic carbocycles. The van der Waals surface area contributed by atoms with Crippen molar-refractivity contribution in [1.29, 1.82) is 0 Å². The van der Waals surface area contributed by atoms with Crippen LogP contribution in [0, 0.1) is 5.92 Å². The Labute approximate surface area is 67.9 Å². The highest BCUT2D eigenvalue weighted by Gasteiger charge is 2.28. The van der Waals surface area contributed by atoms with Gasteiger partial charge in [0.2, 0.25) is 0 Å². The number of hydrogen-bond acceptors (Lipinski definition) is 3. The quantitative estimate of drug-likeness (QED) is 0.668. The molecule has 0 radical (unpaired) electrons. The maximum absolute atomic E-state index is 11.0. The Morgan fingerprint density at radius 2 is 1.82 bits per heavy atom. The molecule has 0 aromatic heterocycles. The third kappa shape index (κ3) is 2.17. The number of sulfone groups is 1. The molecule has 1 saturated carbocycles. The lowest BCUT2D eigenvalue weighted by atomic mass is 10.1. The van der Waals surface area contributed by atoms with E-state index in [2.05, 4.69) is 0 Å². The molecule has 2 N–H and O–H groups in total. The Morgan fingerprint density at radius 3 is 2.18 bits per heavy atom. The molecule has 66 valence electrons. The normalized spacial score (nSPS) is 23.8. The van der Waals surface area contributed by atoms with Gasteiger partial charge in [-0.15, -0.1) is 0 Å². The van der Waals surface area contributed by atoms with Crippen LogP contribution >= 0.6 is 0 Å². The second-order valence-electron chi connectivity index (χ2n) is 3.34. The van der Waals surface area contributed by atoms with Gasteiger partial charge in [0.05, 0.1) is 0 Å². The van der Waals surface area contributed by atoms with Gasteiger partial charge < -0.3 is 5.73 Å². The fraction of sp³-hybridized carbons (Fsp3) is 1.00. The molecular formula is C7H15NO2S. The van der Waals surface area contributed by atoms with Gasteiger partial charge in [0, 0.05) is 6.26 Å². The summed E-state index contributed by atoms with van der Waals surface area (Å²) in [5.41, 5.74) is 5.57. The van der Waals surface area contributed by atoms with Crippen LogP contribution in [-0.2, 0) is 9.84 Å². The average molecular weight is 177 g/mol. The summed E-state index contributed by atoms with van der Waals surface area (Å²) >= 11 is 0. The second kappa shape index (κ2) is 3.11. The Kier molecular flexibility index (Phi) is 2.54. The van der Waals surface area contributed by atoms with E-state index in [1.54, 1.807) is 0 Å². The fourth-order valence-corrected chi connectivity index (χ4v) is 2.61. The van der Waals surface area contributed by atoms with Gasteiger partial charge in [-0.25, -0.2) is 8.42 Å². The molecule has 1 aliphatic rings. The van der Waals surface area contributed by atoms with Crippen molar-refractivity contribution in [2.75, 3.05) is 6.26 Å². The molecule has 3 nitrogen and oxygen atoms in total. The zero-order chi connectivity index (χ0) is 8.48. The van der Waals surface area contributed by atoms with Crippen LogP contribution in [-0.4, -0.2) is 20.0 Å². The summed E-state index contributed by atoms with van der Waals surface area (Å²) in [5.74, 6) is 0.213. The molecule has 4 heteroatoms. The lowest BCUT2D eigenvalue weighted by molar-refractivity contribution is 0.493. The van der Waals surface area contributed by atoms with Crippen LogP contribution in [0.5, 0.6) is 0 Å². The van der Waals surface area contributed by atoms with Gasteiger partial charge in [0.15, 0.2) is 9.84 Å². The summed E-state index contributed by atoms with van der Waals surface area (Å²) in [6.07, 6.45) is 5.44. The Balaban J connectivity index is 2.60. The predicted molar refractivity (Wildman–Crippen MR) is 44.8 cm³/mol. The van der Waals surface area contributed by atoms with E-state index in [-0.39, 0.29) is 5.92 Å². The van der Waals surface area contributed by atoms with E-state index < -0.39 is 15.2 Å². The van der Waals surface area contributed by atoms with Crippen LogP contribution in [0.25, 0.3) is 0 Å². The van der Waals surface area contributed by atoms with Crippen molar-refractivity contribution in [1.82, 2.24) is 0 Å². The van der Waals surface area contributed by atoms with Gasteiger partial charge in [-0.2, -0.15) is 0 Å². The first-order valence-corrected chi connectivity index (χ1v) is 5.92. The van der Waals surface area contributed by atoms with E-state index in [0.717, 1.165) is 25.7 Å². The van der Waals surface area contributed by atoms with E-state index in [0.29, 0.717) is 0 Å². The highest BCUT2D eigenvalue weighted by Crippen LogP contribution is 2.28. The zero-order valence-electron chi connectivity index (χ0n) is 6.79. The summed E-state index contributed by atoms with van der Waals surface area (Å²) in [5, 5.41) is -0.620. The standard InChI is InChI=1S/C7H15NO2S/c1-11(9,10)7(8)6-4-2-3-5-6/h6-7H,2-5,8H2,1H3. The van der Waals surface area contributed by atoms with Crippen molar-refractivity contribution < 1.29 is 8.42 Å². The van der Waals surface area contributed by atoms with Gasteiger partial charge in [-0.1, -0.05) is 12.8 Å². The minimum Gasteiger partial charge on any atom is -0.315 e. The van der Waals surface area contributed by atoms with Gasteiger partial charge in [0.25, 0.3) is 0 Å². The summed E-state index contributed by atoms with van der Waals surface area (Å²) in [7, 11) is -3.01. The van der Waals surface area contributed by atoms with Gasteiger partial charge in [-0.05, 0) is 18.8 Å². The largest absolute Gasteiger partial charge is 0.315 e. The molecule has 1 atom stereocenters. The minimum atomic E-state index is -3.01. The topological polar surface area (TPSA) is 60.2 Å². The van der Waals surface area contributed by atoms with Crippen molar-refractivity contribution >= 4 is 9.84 Å². The van der Waals surface area contributed by atoms with Crippen LogP contribution in [0.15, 0.2) is 0 Å². The smallest absolute Gasteiger partial charge is 0.163 e. The molecule has 0 saturated heterocycles. The van der Waals surface area contributed by atoms with Crippen LogP contribution in [0.2, 0.25) is 0 Å². The monoisotopic (exact) mass is 177 g/mol. The van der Waals surface area contributed by atoms with E-state index in [4.69, 9.17) is 5.73 Å². The number of nitrogens with two attached hydrogens (primary N) is 1. The number of rotatable bonds is 2. The van der Waals surface area contributed by atoms with Gasteiger partial charge in [-0.3, -0.25) is 0 Å². The third-order valence-corrected chi connectivity index (χ3v) is 3.73. The van der Waals surface area contributed by atoms with Crippen molar-refractivity contribution in [2.45, 2.75) is 31.1 Å². The van der Waals surface area contributed by atoms with Crippen LogP contribution in [0.1, 0.15) is 25.7 Å². The lowest BCUT2D eigenvalue weighted by Crippen LogP contribution is -2.36. The minimum absolute atomic E-state index is 0.213. The van der Waals surface area contributed by atoms with E-state index in [9.17, 15) is 8.42 Å². The summed E-state index contributed by atoms with van der Waals surface area (Å²) in [6.45, 7) is 0. The molecule has 11 heavy (non-hydrogen) atoms. The molecule has 1 unspecified atom stereocenters. The maximum atomic E-state index is 11.0. The van der Waals surface area contributed by atoms with Crippen molar-refractivity contribution in [3.63, 3.8) is 0 Å². The maximum Gasteiger partial charge on any atom is 0.163 e. The first kappa shape index (κ1) is 9.00. The summed E-state index contributed by atoms with van der Waals surface area (Å²) in [6, 6.07) is 0. The van der Waals surface area contributed by atoms with E-state index >= 15 is 0 Å². The SMILES string of the molecule is CS(=O)(=O)C(N)C1CCCC1. The molecule has 0 aromatic rings. The van der Waals surface area contributed by atoms with E-state index in [1.807, 2.05) is 0 Å². The lowest BCUT2D eigenvalue weighted by Gasteiger charge is -2.15. The molecular weight excluding hydrogens is 162 g/mol. The fourth-order valence-electron chi connectivity index (χ4n) is 1.64. The summed E-state index contributed by atoms with van der Waals surface area (Å²) in [4.78, 5) is 0. The van der Waals surface area contributed by atoms with Gasteiger partial charge in [0.1, 0.15) is 5.37 Å². The molecule has 0 aliphatic heterocycles. The second-order valence-corrected chi connectivity index (χ2v) is 5.54. The van der Waals surface area contributed by atoms with Crippen molar-refractivity contribution in [3.05, 3.63) is 0 Å².